The summed E-state index contributed by atoms with van der Waals surface area (Å²) in [4.78, 5) is 21.4. The number of methoxy groups -OCH3 is 1. The van der Waals surface area contributed by atoms with E-state index in [0.717, 1.165) is 38.4 Å². The van der Waals surface area contributed by atoms with Gasteiger partial charge < -0.3 is 15.4 Å². The third-order valence-electron chi connectivity index (χ3n) is 5.20. The summed E-state index contributed by atoms with van der Waals surface area (Å²) in [6, 6.07) is 24.7. The van der Waals surface area contributed by atoms with Gasteiger partial charge in [-0.2, -0.15) is 0 Å². The molecule has 6 nitrogen and oxygen atoms in total. The van der Waals surface area contributed by atoms with Crippen LogP contribution in [0.4, 0.5) is 16.2 Å². The van der Waals surface area contributed by atoms with E-state index in [-0.39, 0.29) is 6.03 Å². The number of hydrogen-bond acceptors (Lipinski definition) is 5. The molecule has 0 bridgehead atoms. The van der Waals surface area contributed by atoms with E-state index in [9.17, 15) is 4.79 Å². The molecule has 0 saturated carbocycles. The normalized spacial score (nSPS) is 10.7. The lowest BCUT2D eigenvalue weighted by atomic mass is 10.1. The van der Waals surface area contributed by atoms with Crippen LogP contribution in [0.2, 0.25) is 0 Å². The van der Waals surface area contributed by atoms with Crippen LogP contribution in [0.1, 0.15) is 0 Å². The Morgan fingerprint density at radius 2 is 1.48 bits per heavy atom. The Morgan fingerprint density at radius 1 is 0.818 bits per heavy atom. The van der Waals surface area contributed by atoms with E-state index in [1.54, 1.807) is 49.0 Å². The molecular formula is C26H20N4O2S. The predicted octanol–water partition coefficient (Wildman–Crippen LogP) is 6.68. The molecule has 3 aromatic carbocycles. The maximum atomic E-state index is 12.3. The molecule has 2 N–H and O–H groups in total. The minimum atomic E-state index is -0.317. The molecule has 0 spiro atoms. The van der Waals surface area contributed by atoms with Crippen LogP contribution >= 0.6 is 11.3 Å². The molecule has 162 valence electrons. The highest BCUT2D eigenvalue weighted by Gasteiger charge is 2.13. The SMILES string of the molecule is COc1ccc(NC(=O)Nc2ccc(-c3ncnc4c(-c5ccccc5)csc34)cc2)cc1. The molecule has 33 heavy (non-hydrogen) atoms. The highest BCUT2D eigenvalue weighted by molar-refractivity contribution is 7.18. The number of nitrogens with one attached hydrogen (secondary N) is 2. The number of amides is 2. The Labute approximate surface area is 194 Å². The maximum Gasteiger partial charge on any atom is 0.323 e. The number of anilines is 2. The summed E-state index contributed by atoms with van der Waals surface area (Å²) in [5.41, 5.74) is 6.39. The van der Waals surface area contributed by atoms with E-state index >= 15 is 0 Å². The van der Waals surface area contributed by atoms with Crippen molar-refractivity contribution in [3.05, 3.63) is 90.6 Å². The number of rotatable bonds is 5. The molecule has 5 rings (SSSR count). The molecule has 0 unspecified atom stereocenters. The first kappa shape index (κ1) is 20.7. The van der Waals surface area contributed by atoms with Crippen LogP contribution in [0, 0.1) is 0 Å². The van der Waals surface area contributed by atoms with E-state index in [1.165, 1.54) is 0 Å². The fraction of sp³-hybridized carbons (Fsp3) is 0.0385. The standard InChI is InChI=1S/C26H20N4O2S/c1-32-21-13-11-20(12-14-21)30-26(31)29-19-9-7-18(8-10-19)23-25-24(28-16-27-23)22(15-33-25)17-5-3-2-4-6-17/h2-16H,1H3,(H2,29,30,31). The maximum absolute atomic E-state index is 12.3. The van der Waals surface area contributed by atoms with Gasteiger partial charge in [-0.05, 0) is 42.0 Å². The first-order chi connectivity index (χ1) is 16.2. The van der Waals surface area contributed by atoms with Crippen molar-refractivity contribution in [3.8, 4) is 28.1 Å². The van der Waals surface area contributed by atoms with E-state index < -0.39 is 0 Å². The fourth-order valence-corrected chi connectivity index (χ4v) is 4.60. The molecule has 0 fully saturated rings. The van der Waals surface area contributed by atoms with Gasteiger partial charge in [0.1, 0.15) is 12.1 Å². The van der Waals surface area contributed by atoms with Gasteiger partial charge in [-0.25, -0.2) is 14.8 Å². The third-order valence-corrected chi connectivity index (χ3v) is 6.18. The largest absolute Gasteiger partial charge is 0.497 e. The van der Waals surface area contributed by atoms with Crippen molar-refractivity contribution < 1.29 is 9.53 Å². The number of carbonyl (C=O) groups excluding carboxylic acids is 1. The van der Waals surface area contributed by atoms with Crippen molar-refractivity contribution in [3.63, 3.8) is 0 Å². The van der Waals surface area contributed by atoms with Crippen LogP contribution in [0.15, 0.2) is 90.6 Å². The Bertz CT molecular complexity index is 1400. The molecule has 2 heterocycles. The molecular weight excluding hydrogens is 432 g/mol. The monoisotopic (exact) mass is 452 g/mol. The van der Waals surface area contributed by atoms with Gasteiger partial charge in [0.15, 0.2) is 0 Å². The summed E-state index contributed by atoms with van der Waals surface area (Å²) in [6.45, 7) is 0. The van der Waals surface area contributed by atoms with Crippen molar-refractivity contribution in [1.82, 2.24) is 9.97 Å². The van der Waals surface area contributed by atoms with Gasteiger partial charge in [-0.15, -0.1) is 11.3 Å². The quantitative estimate of drug-likeness (QED) is 0.312. The van der Waals surface area contributed by atoms with E-state index in [2.05, 4.69) is 38.1 Å². The van der Waals surface area contributed by atoms with Gasteiger partial charge in [0.05, 0.1) is 23.0 Å². The number of carbonyl (C=O) groups is 1. The second-order valence-electron chi connectivity index (χ2n) is 7.30. The zero-order chi connectivity index (χ0) is 22.6. The van der Waals surface area contributed by atoms with Gasteiger partial charge in [-0.3, -0.25) is 0 Å². The van der Waals surface area contributed by atoms with Crippen LogP contribution in [-0.4, -0.2) is 23.1 Å². The Hall–Kier alpha value is -4.23. The van der Waals surface area contributed by atoms with Gasteiger partial charge >= 0.3 is 6.03 Å². The molecule has 0 aliphatic carbocycles. The molecule has 0 aliphatic heterocycles. The Kier molecular flexibility index (Phi) is 5.70. The predicted molar refractivity (Wildman–Crippen MR) is 134 cm³/mol. The second kappa shape index (κ2) is 9.10. The van der Waals surface area contributed by atoms with Gasteiger partial charge in [-0.1, -0.05) is 42.5 Å². The average Bonchev–Trinajstić information content (AvgIpc) is 3.30. The number of urea groups is 1. The summed E-state index contributed by atoms with van der Waals surface area (Å²) >= 11 is 1.64. The van der Waals surface area contributed by atoms with Crippen molar-refractivity contribution in [1.29, 1.82) is 0 Å². The molecule has 0 saturated heterocycles. The van der Waals surface area contributed by atoms with Gasteiger partial charge in [0.2, 0.25) is 0 Å². The van der Waals surface area contributed by atoms with E-state index in [1.807, 2.05) is 42.5 Å². The van der Waals surface area contributed by atoms with Crippen LogP contribution < -0.4 is 15.4 Å². The Balaban J connectivity index is 1.34. The zero-order valence-electron chi connectivity index (χ0n) is 17.8. The van der Waals surface area contributed by atoms with Gasteiger partial charge in [0.25, 0.3) is 0 Å². The lowest BCUT2D eigenvalue weighted by Gasteiger charge is -2.09. The Morgan fingerprint density at radius 3 is 2.15 bits per heavy atom. The number of thiophene rings is 1. The zero-order valence-corrected chi connectivity index (χ0v) is 18.6. The summed E-state index contributed by atoms with van der Waals surface area (Å²) < 4.78 is 6.17. The molecule has 2 amide bonds. The minimum Gasteiger partial charge on any atom is -0.497 e. The molecule has 0 aliphatic rings. The summed E-state index contributed by atoms with van der Waals surface area (Å²) in [5, 5.41) is 7.78. The lowest BCUT2D eigenvalue weighted by molar-refractivity contribution is 0.262. The smallest absolute Gasteiger partial charge is 0.323 e. The lowest BCUT2D eigenvalue weighted by Crippen LogP contribution is -2.19. The first-order valence-electron chi connectivity index (χ1n) is 10.3. The van der Waals surface area contributed by atoms with Crippen LogP contribution in [0.5, 0.6) is 5.75 Å². The fourth-order valence-electron chi connectivity index (χ4n) is 3.56. The summed E-state index contributed by atoms with van der Waals surface area (Å²) in [6.07, 6.45) is 1.60. The van der Waals surface area contributed by atoms with Crippen molar-refractivity contribution in [2.75, 3.05) is 17.7 Å². The van der Waals surface area contributed by atoms with Crippen LogP contribution in [-0.2, 0) is 0 Å². The van der Waals surface area contributed by atoms with Crippen LogP contribution in [0.25, 0.3) is 32.6 Å². The van der Waals surface area contributed by atoms with Gasteiger partial charge in [0, 0.05) is 27.9 Å². The van der Waals surface area contributed by atoms with Crippen LogP contribution in [0.3, 0.4) is 0 Å². The topological polar surface area (TPSA) is 76.1 Å². The average molecular weight is 453 g/mol. The summed E-state index contributed by atoms with van der Waals surface area (Å²) in [5.74, 6) is 0.733. The number of fused-ring (bicyclic) bond motifs is 1. The molecule has 0 radical (unpaired) electrons. The molecule has 7 heteroatoms. The number of ether oxygens (including phenoxy) is 1. The van der Waals surface area contributed by atoms with E-state index in [0.29, 0.717) is 11.4 Å². The number of benzene rings is 3. The number of aromatic nitrogens is 2. The van der Waals surface area contributed by atoms with Crippen molar-refractivity contribution in [2.24, 2.45) is 0 Å². The van der Waals surface area contributed by atoms with E-state index in [4.69, 9.17) is 4.74 Å². The molecule has 2 aromatic heterocycles. The first-order valence-corrected chi connectivity index (χ1v) is 11.2. The third kappa shape index (κ3) is 4.40. The van der Waals surface area contributed by atoms with Crippen molar-refractivity contribution in [2.45, 2.75) is 0 Å². The summed E-state index contributed by atoms with van der Waals surface area (Å²) in [7, 11) is 1.60. The number of hydrogen-bond donors (Lipinski definition) is 2. The molecule has 5 aromatic rings. The van der Waals surface area contributed by atoms with Crippen molar-refractivity contribution >= 4 is 39.0 Å². The minimum absolute atomic E-state index is 0.317. The number of nitrogens with zero attached hydrogens (tertiary/aromatic N) is 2. The highest BCUT2D eigenvalue weighted by atomic mass is 32.1. The highest BCUT2D eigenvalue weighted by Crippen LogP contribution is 2.37. The second-order valence-corrected chi connectivity index (χ2v) is 8.18. The molecule has 0 atom stereocenters.